The number of nitrogens with two attached hydrogens (primary N) is 1. The number of amides is 1. The topological polar surface area (TPSA) is 56.0 Å². The summed E-state index contributed by atoms with van der Waals surface area (Å²) in [6, 6.07) is 11.7. The highest BCUT2D eigenvalue weighted by Gasteiger charge is 2.23. The Hall–Kier alpha value is -2.42. The van der Waals surface area contributed by atoms with E-state index in [1.165, 1.54) is 11.1 Å². The molecule has 0 bridgehead atoms. The summed E-state index contributed by atoms with van der Waals surface area (Å²) in [5, 5.41) is 0. The Morgan fingerprint density at radius 1 is 1.21 bits per heavy atom. The Kier molecular flexibility index (Phi) is 2.88. The number of hydrogen-bond acceptors (Lipinski definition) is 2. The van der Waals surface area contributed by atoms with E-state index in [0.717, 1.165) is 12.1 Å². The summed E-state index contributed by atoms with van der Waals surface area (Å²) < 4.78 is 0. The Morgan fingerprint density at radius 2 is 2.05 bits per heavy atom. The van der Waals surface area contributed by atoms with Crippen LogP contribution in [-0.4, -0.2) is 10.9 Å². The number of rotatable bonds is 2. The average Bonchev–Trinajstić information content (AvgIpc) is 2.46. The molecule has 1 aromatic heterocycles. The highest BCUT2D eigenvalue weighted by Crippen LogP contribution is 2.35. The van der Waals surface area contributed by atoms with Gasteiger partial charge in [-0.15, -0.1) is 0 Å². The molecule has 0 spiro atoms. The molecular weight excluding hydrogens is 236 g/mol. The molecular formula is C16H14N2O. The van der Waals surface area contributed by atoms with Crippen LogP contribution < -0.4 is 5.73 Å². The molecule has 1 heterocycles. The van der Waals surface area contributed by atoms with E-state index < -0.39 is 5.91 Å². The summed E-state index contributed by atoms with van der Waals surface area (Å²) in [5.74, 6) is -0.319. The molecule has 0 saturated heterocycles. The lowest BCUT2D eigenvalue weighted by atomic mass is 9.83. The van der Waals surface area contributed by atoms with E-state index in [1.807, 2.05) is 12.1 Å². The summed E-state index contributed by atoms with van der Waals surface area (Å²) in [5.41, 5.74) is 9.11. The molecule has 1 aromatic carbocycles. The number of nitrogens with zero attached hydrogens (tertiary/aromatic N) is 1. The molecule has 3 heteroatoms. The molecule has 1 aliphatic rings. The molecule has 1 aliphatic carbocycles. The Labute approximate surface area is 111 Å². The summed E-state index contributed by atoms with van der Waals surface area (Å²) in [7, 11) is 0. The van der Waals surface area contributed by atoms with Gasteiger partial charge < -0.3 is 5.73 Å². The number of hydrogen-bond donors (Lipinski definition) is 1. The SMILES string of the molecule is NC(=O)c1cccnc1C1CC=Cc2ccccc21. The zero-order valence-corrected chi connectivity index (χ0v) is 10.4. The molecule has 2 aromatic rings. The molecule has 0 aliphatic heterocycles. The maximum atomic E-state index is 11.5. The zero-order valence-electron chi connectivity index (χ0n) is 10.4. The van der Waals surface area contributed by atoms with Gasteiger partial charge in [0.15, 0.2) is 0 Å². The highest BCUT2D eigenvalue weighted by molar-refractivity contribution is 5.94. The largest absolute Gasteiger partial charge is 0.366 e. The van der Waals surface area contributed by atoms with Gasteiger partial charge in [0, 0.05) is 12.1 Å². The van der Waals surface area contributed by atoms with Crippen LogP contribution in [0.5, 0.6) is 0 Å². The molecule has 19 heavy (non-hydrogen) atoms. The van der Waals surface area contributed by atoms with Crippen LogP contribution in [0.4, 0.5) is 0 Å². The van der Waals surface area contributed by atoms with E-state index in [2.05, 4.69) is 29.3 Å². The van der Waals surface area contributed by atoms with Crippen LogP contribution in [0.1, 0.15) is 39.5 Å². The van der Waals surface area contributed by atoms with E-state index in [-0.39, 0.29) is 5.92 Å². The van der Waals surface area contributed by atoms with Crippen molar-refractivity contribution in [3.05, 3.63) is 71.1 Å². The first kappa shape index (κ1) is 11.7. The van der Waals surface area contributed by atoms with Crippen LogP contribution in [0.2, 0.25) is 0 Å². The molecule has 94 valence electrons. The molecule has 0 radical (unpaired) electrons. The molecule has 3 rings (SSSR count). The van der Waals surface area contributed by atoms with Gasteiger partial charge in [0.05, 0.1) is 11.3 Å². The Morgan fingerprint density at radius 3 is 2.89 bits per heavy atom. The molecule has 2 N–H and O–H groups in total. The molecule has 0 saturated carbocycles. The minimum Gasteiger partial charge on any atom is -0.366 e. The van der Waals surface area contributed by atoms with E-state index in [4.69, 9.17) is 5.73 Å². The summed E-state index contributed by atoms with van der Waals surface area (Å²) in [6.07, 6.45) is 6.78. The van der Waals surface area contributed by atoms with Crippen LogP contribution in [0.15, 0.2) is 48.7 Å². The summed E-state index contributed by atoms with van der Waals surface area (Å²) in [6.45, 7) is 0. The lowest BCUT2D eigenvalue weighted by molar-refractivity contribution is 0.0998. The van der Waals surface area contributed by atoms with Crippen molar-refractivity contribution in [1.29, 1.82) is 0 Å². The third kappa shape index (κ3) is 2.03. The van der Waals surface area contributed by atoms with Gasteiger partial charge in [0.1, 0.15) is 0 Å². The Balaban J connectivity index is 2.14. The van der Waals surface area contributed by atoms with Crippen LogP contribution in [-0.2, 0) is 0 Å². The molecule has 1 amide bonds. The number of aromatic nitrogens is 1. The lowest BCUT2D eigenvalue weighted by Gasteiger charge is -2.22. The van der Waals surface area contributed by atoms with Gasteiger partial charge in [-0.25, -0.2) is 0 Å². The third-order valence-electron chi connectivity index (χ3n) is 3.47. The first-order valence-electron chi connectivity index (χ1n) is 6.27. The fraction of sp³-hybridized carbons (Fsp3) is 0.125. The van der Waals surface area contributed by atoms with E-state index in [0.29, 0.717) is 5.56 Å². The van der Waals surface area contributed by atoms with Crippen LogP contribution in [0.3, 0.4) is 0 Å². The molecule has 1 unspecified atom stereocenters. The number of carbonyl (C=O) groups is 1. The first-order chi connectivity index (χ1) is 9.27. The zero-order chi connectivity index (χ0) is 13.2. The predicted octanol–water partition coefficient (Wildman–Crippen LogP) is 2.73. The van der Waals surface area contributed by atoms with Gasteiger partial charge in [-0.3, -0.25) is 9.78 Å². The second-order valence-electron chi connectivity index (χ2n) is 4.62. The van der Waals surface area contributed by atoms with Gasteiger partial charge in [-0.05, 0) is 29.7 Å². The smallest absolute Gasteiger partial charge is 0.250 e. The molecule has 0 fully saturated rings. The Bertz CT molecular complexity index is 661. The van der Waals surface area contributed by atoms with Crippen molar-refractivity contribution in [2.24, 2.45) is 5.73 Å². The first-order valence-corrected chi connectivity index (χ1v) is 6.27. The van der Waals surface area contributed by atoms with Crippen molar-refractivity contribution >= 4 is 12.0 Å². The van der Waals surface area contributed by atoms with Gasteiger partial charge in [0.25, 0.3) is 5.91 Å². The fourth-order valence-corrected chi connectivity index (χ4v) is 2.60. The maximum absolute atomic E-state index is 11.5. The highest BCUT2D eigenvalue weighted by atomic mass is 16.1. The summed E-state index contributed by atoms with van der Waals surface area (Å²) in [4.78, 5) is 15.9. The fourth-order valence-electron chi connectivity index (χ4n) is 2.60. The molecule has 1 atom stereocenters. The lowest BCUT2D eigenvalue weighted by Crippen LogP contribution is -2.18. The van der Waals surface area contributed by atoms with Crippen LogP contribution >= 0.6 is 0 Å². The minimum absolute atomic E-state index is 0.102. The number of benzene rings is 1. The second kappa shape index (κ2) is 4.69. The van der Waals surface area contributed by atoms with Crippen molar-refractivity contribution in [3.63, 3.8) is 0 Å². The third-order valence-corrected chi connectivity index (χ3v) is 3.47. The number of pyridine rings is 1. The van der Waals surface area contributed by atoms with E-state index in [1.54, 1.807) is 18.3 Å². The van der Waals surface area contributed by atoms with Crippen molar-refractivity contribution in [1.82, 2.24) is 4.98 Å². The average molecular weight is 250 g/mol. The van der Waals surface area contributed by atoms with Gasteiger partial charge in [-0.1, -0.05) is 36.4 Å². The van der Waals surface area contributed by atoms with E-state index >= 15 is 0 Å². The second-order valence-corrected chi connectivity index (χ2v) is 4.62. The predicted molar refractivity (Wildman–Crippen MR) is 74.7 cm³/mol. The normalized spacial score (nSPS) is 16.9. The van der Waals surface area contributed by atoms with Gasteiger partial charge in [0.2, 0.25) is 0 Å². The number of fused-ring (bicyclic) bond motifs is 1. The van der Waals surface area contributed by atoms with Gasteiger partial charge in [-0.2, -0.15) is 0 Å². The standard InChI is InChI=1S/C16H14N2O/c17-16(19)14-9-4-10-18-15(14)13-8-3-6-11-5-1-2-7-12(11)13/h1-7,9-10,13H,8H2,(H2,17,19). The maximum Gasteiger partial charge on any atom is 0.250 e. The van der Waals surface area contributed by atoms with Crippen molar-refractivity contribution < 1.29 is 4.79 Å². The van der Waals surface area contributed by atoms with Crippen LogP contribution in [0, 0.1) is 0 Å². The van der Waals surface area contributed by atoms with E-state index in [9.17, 15) is 4.79 Å². The van der Waals surface area contributed by atoms with Crippen molar-refractivity contribution in [3.8, 4) is 0 Å². The molecule has 3 nitrogen and oxygen atoms in total. The van der Waals surface area contributed by atoms with Crippen molar-refractivity contribution in [2.45, 2.75) is 12.3 Å². The van der Waals surface area contributed by atoms with Crippen LogP contribution in [0.25, 0.3) is 6.08 Å². The number of carbonyl (C=O) groups excluding carboxylic acids is 1. The monoisotopic (exact) mass is 250 g/mol. The minimum atomic E-state index is -0.421. The van der Waals surface area contributed by atoms with Gasteiger partial charge >= 0.3 is 0 Å². The number of primary amides is 1. The van der Waals surface area contributed by atoms with Crippen molar-refractivity contribution in [2.75, 3.05) is 0 Å². The summed E-state index contributed by atoms with van der Waals surface area (Å²) >= 11 is 0. The number of allylic oxidation sites excluding steroid dienone is 1. The quantitative estimate of drug-likeness (QED) is 0.891.